The summed E-state index contributed by atoms with van der Waals surface area (Å²) in [5.41, 5.74) is 2.35. The molecule has 0 aliphatic carbocycles. The third-order valence-corrected chi connectivity index (χ3v) is 5.47. The highest BCUT2D eigenvalue weighted by Crippen LogP contribution is 2.24. The normalized spacial score (nSPS) is 17.5. The topological polar surface area (TPSA) is 58.1 Å². The summed E-state index contributed by atoms with van der Waals surface area (Å²) in [6, 6.07) is 20.5. The number of anilines is 1. The van der Waals surface area contributed by atoms with Gasteiger partial charge in [-0.15, -0.1) is 0 Å². The van der Waals surface area contributed by atoms with Gasteiger partial charge >= 0.3 is 0 Å². The van der Waals surface area contributed by atoms with Crippen LogP contribution in [-0.2, 0) is 11.2 Å². The first-order chi connectivity index (χ1) is 14.3. The van der Waals surface area contributed by atoms with Crippen LogP contribution in [0.3, 0.4) is 0 Å². The highest BCUT2D eigenvalue weighted by molar-refractivity contribution is 5.80. The van der Waals surface area contributed by atoms with Gasteiger partial charge < -0.3 is 10.2 Å². The smallest absolute Gasteiger partial charge is 0.225 e. The van der Waals surface area contributed by atoms with Gasteiger partial charge in [-0.2, -0.15) is 0 Å². The number of carbonyl (C=O) groups is 1. The van der Waals surface area contributed by atoms with Crippen molar-refractivity contribution in [2.24, 2.45) is 5.92 Å². The third kappa shape index (κ3) is 4.99. The van der Waals surface area contributed by atoms with Crippen LogP contribution in [0.2, 0.25) is 0 Å². The van der Waals surface area contributed by atoms with Crippen molar-refractivity contribution < 1.29 is 4.79 Å². The van der Waals surface area contributed by atoms with Gasteiger partial charge in [-0.05, 0) is 30.4 Å². The predicted octanol–water partition coefficient (Wildman–Crippen LogP) is 3.79. The Kier molecular flexibility index (Phi) is 6.15. The monoisotopic (exact) mass is 386 g/mol. The maximum atomic E-state index is 13.2. The first-order valence-electron chi connectivity index (χ1n) is 10.2. The van der Waals surface area contributed by atoms with E-state index in [1.807, 2.05) is 36.4 Å². The number of benzene rings is 2. The Morgan fingerprint density at radius 2 is 1.83 bits per heavy atom. The van der Waals surface area contributed by atoms with Crippen LogP contribution in [0.4, 0.5) is 5.82 Å². The van der Waals surface area contributed by atoms with Crippen LogP contribution in [0.25, 0.3) is 0 Å². The van der Waals surface area contributed by atoms with Crippen LogP contribution in [0, 0.1) is 5.92 Å². The Morgan fingerprint density at radius 3 is 2.55 bits per heavy atom. The highest BCUT2D eigenvalue weighted by Gasteiger charge is 2.28. The second kappa shape index (κ2) is 9.32. The number of hydrogen-bond donors (Lipinski definition) is 1. The van der Waals surface area contributed by atoms with Crippen molar-refractivity contribution in [3.8, 4) is 0 Å². The zero-order valence-corrected chi connectivity index (χ0v) is 16.4. The largest absolute Gasteiger partial charge is 0.355 e. The van der Waals surface area contributed by atoms with Gasteiger partial charge in [0.1, 0.15) is 5.82 Å². The van der Waals surface area contributed by atoms with Crippen LogP contribution in [0.1, 0.15) is 30.0 Å². The van der Waals surface area contributed by atoms with Crippen molar-refractivity contribution in [2.75, 3.05) is 18.0 Å². The lowest BCUT2D eigenvalue weighted by Gasteiger charge is -2.33. The first kappa shape index (κ1) is 19.1. The fraction of sp³-hybridized carbons (Fsp3) is 0.292. The highest BCUT2D eigenvalue weighted by atomic mass is 16.2. The van der Waals surface area contributed by atoms with Crippen LogP contribution in [0.5, 0.6) is 0 Å². The fourth-order valence-corrected chi connectivity index (χ4v) is 3.93. The summed E-state index contributed by atoms with van der Waals surface area (Å²) >= 11 is 0. The molecule has 4 rings (SSSR count). The minimum absolute atomic E-state index is 0.0435. The maximum absolute atomic E-state index is 13.2. The summed E-state index contributed by atoms with van der Waals surface area (Å²) in [5.74, 6) is 0.907. The summed E-state index contributed by atoms with van der Waals surface area (Å²) in [6.45, 7) is 1.59. The average molecular weight is 386 g/mol. The molecule has 1 aromatic heterocycles. The summed E-state index contributed by atoms with van der Waals surface area (Å²) in [6.07, 6.45) is 7.79. The van der Waals surface area contributed by atoms with E-state index >= 15 is 0 Å². The Balaban J connectivity index is 1.47. The molecule has 1 aliphatic heterocycles. The fourth-order valence-electron chi connectivity index (χ4n) is 3.93. The van der Waals surface area contributed by atoms with Crippen LogP contribution >= 0.6 is 0 Å². The first-order valence-corrected chi connectivity index (χ1v) is 10.2. The molecule has 29 heavy (non-hydrogen) atoms. The molecule has 5 heteroatoms. The number of piperidine rings is 1. The van der Waals surface area contributed by atoms with Crippen LogP contribution < -0.4 is 10.2 Å². The Hall–Kier alpha value is -3.21. The van der Waals surface area contributed by atoms with Crippen molar-refractivity contribution in [3.05, 3.63) is 90.4 Å². The van der Waals surface area contributed by atoms with E-state index in [9.17, 15) is 4.79 Å². The summed E-state index contributed by atoms with van der Waals surface area (Å²) in [4.78, 5) is 23.9. The van der Waals surface area contributed by atoms with E-state index in [1.54, 1.807) is 18.6 Å². The molecule has 2 unspecified atom stereocenters. The van der Waals surface area contributed by atoms with Gasteiger partial charge in [-0.3, -0.25) is 9.78 Å². The van der Waals surface area contributed by atoms with Crippen molar-refractivity contribution in [1.29, 1.82) is 0 Å². The molecule has 2 aromatic carbocycles. The van der Waals surface area contributed by atoms with E-state index < -0.39 is 0 Å². The second-order valence-electron chi connectivity index (χ2n) is 7.51. The lowest BCUT2D eigenvalue weighted by Crippen LogP contribution is -2.44. The third-order valence-electron chi connectivity index (χ3n) is 5.47. The van der Waals surface area contributed by atoms with Crippen LogP contribution in [0.15, 0.2) is 79.3 Å². The Morgan fingerprint density at radius 1 is 1.07 bits per heavy atom. The minimum Gasteiger partial charge on any atom is -0.355 e. The van der Waals surface area contributed by atoms with Gasteiger partial charge in [-0.1, -0.05) is 60.7 Å². The number of nitrogens with zero attached hydrogens (tertiary/aromatic N) is 3. The molecule has 0 bridgehead atoms. The molecule has 2 heterocycles. The molecule has 3 aromatic rings. The minimum atomic E-state index is -0.0484. The number of amides is 1. The van der Waals surface area contributed by atoms with Gasteiger partial charge in [0.15, 0.2) is 0 Å². The van der Waals surface area contributed by atoms with Crippen molar-refractivity contribution >= 4 is 11.7 Å². The molecule has 2 atom stereocenters. The van der Waals surface area contributed by atoms with Crippen molar-refractivity contribution in [3.63, 3.8) is 0 Å². The van der Waals surface area contributed by atoms with Gasteiger partial charge in [0.25, 0.3) is 0 Å². The molecule has 148 valence electrons. The van der Waals surface area contributed by atoms with E-state index in [-0.39, 0.29) is 17.9 Å². The molecular formula is C24H26N4O. The zero-order valence-electron chi connectivity index (χ0n) is 16.4. The Bertz CT molecular complexity index is 902. The lowest BCUT2D eigenvalue weighted by atomic mass is 9.94. The second-order valence-corrected chi connectivity index (χ2v) is 7.51. The Labute approximate surface area is 171 Å². The summed E-state index contributed by atoms with van der Waals surface area (Å²) in [7, 11) is 0. The van der Waals surface area contributed by atoms with Crippen LogP contribution in [-0.4, -0.2) is 29.0 Å². The molecule has 0 saturated carbocycles. The molecule has 1 saturated heterocycles. The molecule has 1 amide bonds. The van der Waals surface area contributed by atoms with E-state index in [2.05, 4.69) is 44.5 Å². The molecule has 0 radical (unpaired) electrons. The van der Waals surface area contributed by atoms with E-state index in [0.29, 0.717) is 6.54 Å². The summed E-state index contributed by atoms with van der Waals surface area (Å²) in [5, 5.41) is 3.32. The molecule has 5 nitrogen and oxygen atoms in total. The SMILES string of the molecule is O=C(NC(Cc1ccccc1)c1ccccc1)C1CCCN(c2cnccn2)C1. The molecular weight excluding hydrogens is 360 g/mol. The van der Waals surface area contributed by atoms with Gasteiger partial charge in [0.05, 0.1) is 18.2 Å². The zero-order chi connectivity index (χ0) is 19.9. The van der Waals surface area contributed by atoms with E-state index in [0.717, 1.165) is 37.2 Å². The molecule has 0 spiro atoms. The predicted molar refractivity (Wildman–Crippen MR) is 114 cm³/mol. The summed E-state index contributed by atoms with van der Waals surface area (Å²) < 4.78 is 0. The molecule has 1 aliphatic rings. The van der Waals surface area contributed by atoms with E-state index in [1.165, 1.54) is 5.56 Å². The maximum Gasteiger partial charge on any atom is 0.225 e. The van der Waals surface area contributed by atoms with Gasteiger partial charge in [0, 0.05) is 25.5 Å². The van der Waals surface area contributed by atoms with Gasteiger partial charge in [-0.25, -0.2) is 4.98 Å². The van der Waals surface area contributed by atoms with E-state index in [4.69, 9.17) is 0 Å². The number of aromatic nitrogens is 2. The van der Waals surface area contributed by atoms with Crippen molar-refractivity contribution in [2.45, 2.75) is 25.3 Å². The lowest BCUT2D eigenvalue weighted by molar-refractivity contribution is -0.126. The standard InChI is InChI=1S/C24H26N4O/c29-24(21-12-7-15-28(18-21)23-17-25-13-14-26-23)27-22(20-10-5-2-6-11-20)16-19-8-3-1-4-9-19/h1-6,8-11,13-14,17,21-22H,7,12,15-16,18H2,(H,27,29). The van der Waals surface area contributed by atoms with Crippen molar-refractivity contribution in [1.82, 2.24) is 15.3 Å². The number of rotatable bonds is 6. The quantitative estimate of drug-likeness (QED) is 0.700. The number of hydrogen-bond acceptors (Lipinski definition) is 4. The molecule has 1 fully saturated rings. The average Bonchev–Trinajstić information content (AvgIpc) is 2.80. The number of nitrogens with one attached hydrogen (secondary N) is 1. The molecule has 1 N–H and O–H groups in total. The number of carbonyl (C=O) groups excluding carboxylic acids is 1. The van der Waals surface area contributed by atoms with Gasteiger partial charge in [0.2, 0.25) is 5.91 Å².